The maximum Gasteiger partial charge on any atom is 0.242 e. The zero-order valence-electron chi connectivity index (χ0n) is 19.7. The van der Waals surface area contributed by atoms with E-state index in [1.54, 1.807) is 0 Å². The molecule has 0 heterocycles. The van der Waals surface area contributed by atoms with Crippen molar-refractivity contribution < 1.29 is 29.4 Å². The first-order valence-electron chi connectivity index (χ1n) is 11.2. The minimum absolute atomic E-state index is 0.276. The van der Waals surface area contributed by atoms with Gasteiger partial charge in [-0.05, 0) is 26.7 Å². The van der Waals surface area contributed by atoms with E-state index in [9.17, 15) is 29.4 Å². The third-order valence-electron chi connectivity index (χ3n) is 5.05. The Balaban J connectivity index is 5.39. The number of hydrogen-bond acceptors (Lipinski definition) is 7. The minimum atomic E-state index is -1.28. The second-order valence-electron chi connectivity index (χ2n) is 8.09. The van der Waals surface area contributed by atoms with E-state index in [1.807, 2.05) is 13.8 Å². The fourth-order valence-corrected chi connectivity index (χ4v) is 2.96. The molecular weight excluding hydrogens is 418 g/mol. The highest BCUT2D eigenvalue weighted by molar-refractivity contribution is 5.91. The predicted molar refractivity (Wildman–Crippen MR) is 120 cm³/mol. The van der Waals surface area contributed by atoms with Gasteiger partial charge in [0.25, 0.3) is 0 Å². The molecule has 0 radical (unpaired) electrons. The number of hydrogen-bond donors (Lipinski definition) is 5. The van der Waals surface area contributed by atoms with Crippen molar-refractivity contribution in [2.24, 2.45) is 11.5 Å². The summed E-state index contributed by atoms with van der Waals surface area (Å²) in [7, 11) is 0. The third-order valence-corrected chi connectivity index (χ3v) is 5.05. The van der Waals surface area contributed by atoms with Gasteiger partial charge in [0.15, 0.2) is 0 Å². The number of rotatable bonds is 16. The van der Waals surface area contributed by atoms with Crippen LogP contribution in [0.5, 0.6) is 0 Å². The van der Waals surface area contributed by atoms with E-state index in [0.717, 1.165) is 19.3 Å². The molecule has 0 rings (SSSR count). The average molecular weight is 460 g/mol. The van der Waals surface area contributed by atoms with Crippen molar-refractivity contribution in [2.45, 2.75) is 84.1 Å². The lowest BCUT2D eigenvalue weighted by molar-refractivity contribution is -0.144. The van der Waals surface area contributed by atoms with Crippen molar-refractivity contribution in [1.29, 1.82) is 0 Å². The number of amides is 4. The van der Waals surface area contributed by atoms with Crippen molar-refractivity contribution in [2.75, 3.05) is 26.2 Å². The van der Waals surface area contributed by atoms with E-state index >= 15 is 0 Å². The third kappa shape index (κ3) is 10.9. The smallest absolute Gasteiger partial charge is 0.242 e. The Kier molecular flexibility index (Phi) is 14.5. The molecule has 0 saturated heterocycles. The van der Waals surface area contributed by atoms with Gasteiger partial charge in [-0.1, -0.05) is 33.1 Å². The standard InChI is InChI=1S/C21H41N5O6/c1-5-7-9-11-26(21(32)18(22)14(3)27)13-17(30)25(10-8-6-2)12-16(29)24-19(15(4)28)20(23)31/h14-15,18-19,27-28H,5-13,22H2,1-4H3,(H2,23,31)(H,24,29)/t14-,15-,18+,19+/m1/s1. The molecule has 0 fully saturated rings. The molecule has 0 aliphatic rings. The fraction of sp³-hybridized carbons (Fsp3) is 0.810. The molecule has 0 aliphatic carbocycles. The number of aliphatic hydroxyl groups is 2. The SMILES string of the molecule is CCCCCN(CC(=O)N(CCCC)CC(=O)N[C@H](C(N)=O)[C@@H](C)O)C(=O)[C@@H](N)[C@@H](C)O. The van der Waals surface area contributed by atoms with Crippen LogP contribution in [0.1, 0.15) is 59.8 Å². The first-order valence-corrected chi connectivity index (χ1v) is 11.2. The summed E-state index contributed by atoms with van der Waals surface area (Å²) in [5.74, 6) is -2.53. The largest absolute Gasteiger partial charge is 0.391 e. The molecule has 0 unspecified atom stereocenters. The summed E-state index contributed by atoms with van der Waals surface area (Å²) in [5.41, 5.74) is 11.0. The number of nitrogens with one attached hydrogen (secondary N) is 1. The van der Waals surface area contributed by atoms with Gasteiger partial charge in [0.2, 0.25) is 23.6 Å². The number of carbonyl (C=O) groups is 4. The Hall–Kier alpha value is -2.24. The normalized spacial score (nSPS) is 14.7. The molecule has 4 amide bonds. The highest BCUT2D eigenvalue weighted by atomic mass is 16.3. The molecule has 0 aromatic heterocycles. The van der Waals surface area contributed by atoms with Gasteiger partial charge in [0.1, 0.15) is 12.1 Å². The van der Waals surface area contributed by atoms with E-state index in [-0.39, 0.29) is 19.6 Å². The van der Waals surface area contributed by atoms with E-state index in [0.29, 0.717) is 19.4 Å². The second kappa shape index (κ2) is 15.5. The summed E-state index contributed by atoms with van der Waals surface area (Å²) in [4.78, 5) is 52.1. The summed E-state index contributed by atoms with van der Waals surface area (Å²) < 4.78 is 0. The fourth-order valence-electron chi connectivity index (χ4n) is 2.96. The molecule has 0 aromatic rings. The van der Waals surface area contributed by atoms with Gasteiger partial charge in [-0.2, -0.15) is 0 Å². The molecule has 0 aromatic carbocycles. The number of unbranched alkanes of at least 4 members (excludes halogenated alkanes) is 3. The van der Waals surface area contributed by atoms with Gasteiger partial charge >= 0.3 is 0 Å². The molecule has 0 saturated carbocycles. The number of aliphatic hydroxyl groups excluding tert-OH is 2. The van der Waals surface area contributed by atoms with Gasteiger partial charge < -0.3 is 36.8 Å². The molecule has 0 bridgehead atoms. The summed E-state index contributed by atoms with van der Waals surface area (Å²) in [6, 6.07) is -2.43. The predicted octanol–water partition coefficient (Wildman–Crippen LogP) is -1.31. The van der Waals surface area contributed by atoms with E-state index < -0.39 is 47.9 Å². The first-order chi connectivity index (χ1) is 15.0. The van der Waals surface area contributed by atoms with Gasteiger partial charge in [-0.15, -0.1) is 0 Å². The van der Waals surface area contributed by atoms with Crippen LogP contribution in [0.4, 0.5) is 0 Å². The van der Waals surface area contributed by atoms with Crippen LogP contribution >= 0.6 is 0 Å². The molecule has 11 nitrogen and oxygen atoms in total. The van der Waals surface area contributed by atoms with Crippen LogP contribution in [0.25, 0.3) is 0 Å². The molecular formula is C21H41N5O6. The van der Waals surface area contributed by atoms with Crippen molar-refractivity contribution >= 4 is 23.6 Å². The van der Waals surface area contributed by atoms with E-state index in [2.05, 4.69) is 5.32 Å². The lowest BCUT2D eigenvalue weighted by Crippen LogP contribution is -2.55. The molecule has 11 heteroatoms. The maximum atomic E-state index is 13.0. The molecule has 7 N–H and O–H groups in total. The lowest BCUT2D eigenvalue weighted by Gasteiger charge is -2.30. The van der Waals surface area contributed by atoms with Crippen molar-refractivity contribution in [3.05, 3.63) is 0 Å². The topological polar surface area (TPSA) is 179 Å². The van der Waals surface area contributed by atoms with E-state index in [4.69, 9.17) is 11.5 Å². The molecule has 0 aliphatic heterocycles. The van der Waals surface area contributed by atoms with Crippen molar-refractivity contribution in [3.8, 4) is 0 Å². The van der Waals surface area contributed by atoms with Gasteiger partial charge in [0, 0.05) is 13.1 Å². The van der Waals surface area contributed by atoms with Crippen molar-refractivity contribution in [3.63, 3.8) is 0 Å². The minimum Gasteiger partial charge on any atom is -0.391 e. The Bertz CT molecular complexity index is 613. The highest BCUT2D eigenvalue weighted by Gasteiger charge is 2.29. The number of nitrogens with zero attached hydrogens (tertiary/aromatic N) is 2. The van der Waals surface area contributed by atoms with Crippen LogP contribution in [0.2, 0.25) is 0 Å². The zero-order valence-corrected chi connectivity index (χ0v) is 19.7. The second-order valence-corrected chi connectivity index (χ2v) is 8.09. The summed E-state index contributed by atoms with van der Waals surface area (Å²) in [5, 5.41) is 21.6. The Morgan fingerprint density at radius 3 is 1.91 bits per heavy atom. The number of primary amides is 1. The number of carbonyl (C=O) groups excluding carboxylic acids is 4. The molecule has 32 heavy (non-hydrogen) atoms. The van der Waals surface area contributed by atoms with Crippen LogP contribution in [0.15, 0.2) is 0 Å². The van der Waals surface area contributed by atoms with Crippen LogP contribution in [-0.4, -0.2) is 94.1 Å². The van der Waals surface area contributed by atoms with Gasteiger partial charge in [-0.25, -0.2) is 0 Å². The van der Waals surface area contributed by atoms with E-state index in [1.165, 1.54) is 23.6 Å². The van der Waals surface area contributed by atoms with Crippen LogP contribution in [0.3, 0.4) is 0 Å². The molecule has 4 atom stereocenters. The van der Waals surface area contributed by atoms with Crippen LogP contribution < -0.4 is 16.8 Å². The summed E-state index contributed by atoms with van der Waals surface area (Å²) in [6.07, 6.45) is 1.60. The lowest BCUT2D eigenvalue weighted by atomic mass is 10.1. The van der Waals surface area contributed by atoms with Crippen LogP contribution in [-0.2, 0) is 19.2 Å². The van der Waals surface area contributed by atoms with Gasteiger partial charge in [0.05, 0.1) is 25.3 Å². The average Bonchev–Trinajstić information content (AvgIpc) is 2.72. The number of nitrogens with two attached hydrogens (primary N) is 2. The van der Waals surface area contributed by atoms with Crippen molar-refractivity contribution in [1.82, 2.24) is 15.1 Å². The van der Waals surface area contributed by atoms with Gasteiger partial charge in [-0.3, -0.25) is 19.2 Å². The maximum absolute atomic E-state index is 13.0. The Morgan fingerprint density at radius 1 is 0.875 bits per heavy atom. The highest BCUT2D eigenvalue weighted by Crippen LogP contribution is 2.06. The summed E-state index contributed by atoms with van der Waals surface area (Å²) in [6.45, 7) is 6.61. The monoisotopic (exact) mass is 459 g/mol. The summed E-state index contributed by atoms with van der Waals surface area (Å²) >= 11 is 0. The molecule has 186 valence electrons. The Morgan fingerprint density at radius 2 is 1.44 bits per heavy atom. The molecule has 0 spiro atoms. The Labute approximate surface area is 190 Å². The zero-order chi connectivity index (χ0) is 24.8. The quantitative estimate of drug-likeness (QED) is 0.178. The van der Waals surface area contributed by atoms with Crippen LogP contribution in [0, 0.1) is 0 Å². The first kappa shape index (κ1) is 29.8.